The van der Waals surface area contributed by atoms with E-state index >= 15 is 0 Å². The molecule has 1 amide bonds. The molecule has 0 radical (unpaired) electrons. The van der Waals surface area contributed by atoms with E-state index in [1.54, 1.807) is 0 Å². The fraction of sp³-hybridized carbons (Fsp3) is 0.925. The zero-order valence-electron chi connectivity index (χ0n) is 50.9. The van der Waals surface area contributed by atoms with E-state index in [-0.39, 0.29) is 6.42 Å². The average molecular weight is 1110 g/mol. The molecule has 8 N–H and O–H groups in total. The van der Waals surface area contributed by atoms with Crippen molar-refractivity contribution < 1.29 is 50.0 Å². The maximum atomic E-state index is 13.2. The van der Waals surface area contributed by atoms with Gasteiger partial charge in [0, 0.05) is 0 Å². The first-order valence-corrected chi connectivity index (χ1v) is 33.7. The Morgan fingerprint density at radius 1 is 0.449 bits per heavy atom. The number of unbranched alkanes of at least 4 members (excludes halogenated alkanes) is 43. The normalized spacial score (nSPS) is 19.5. The van der Waals surface area contributed by atoms with Gasteiger partial charge in [-0.15, -0.1) is 0 Å². The molecule has 1 fully saturated rings. The summed E-state index contributed by atoms with van der Waals surface area (Å²) in [6, 6.07) is -1.17. The Hall–Kier alpha value is -1.41. The summed E-state index contributed by atoms with van der Waals surface area (Å²) < 4.78 is 11.2. The van der Waals surface area contributed by atoms with Crippen molar-refractivity contribution in [3.05, 3.63) is 24.3 Å². The lowest BCUT2D eigenvalue weighted by Gasteiger charge is -2.40. The van der Waals surface area contributed by atoms with E-state index < -0.39 is 74.2 Å². The molecule has 0 spiro atoms. The molecule has 0 bridgehead atoms. The van der Waals surface area contributed by atoms with Crippen molar-refractivity contribution in [1.29, 1.82) is 0 Å². The van der Waals surface area contributed by atoms with Crippen LogP contribution >= 0.6 is 0 Å². The molecule has 1 rings (SSSR count). The van der Waals surface area contributed by atoms with Crippen molar-refractivity contribution in [1.82, 2.24) is 5.32 Å². The Morgan fingerprint density at radius 2 is 0.782 bits per heavy atom. The second-order valence-corrected chi connectivity index (χ2v) is 23.9. The van der Waals surface area contributed by atoms with Gasteiger partial charge in [0.15, 0.2) is 6.29 Å². The third-order valence-corrected chi connectivity index (χ3v) is 16.5. The van der Waals surface area contributed by atoms with Gasteiger partial charge < -0.3 is 50.5 Å². The summed E-state index contributed by atoms with van der Waals surface area (Å²) in [5.41, 5.74) is 0. The number of hydrogen-bond acceptors (Lipinski definition) is 10. The fourth-order valence-corrected chi connectivity index (χ4v) is 11.1. The zero-order chi connectivity index (χ0) is 56.8. The van der Waals surface area contributed by atoms with Crippen LogP contribution in [0.1, 0.15) is 328 Å². The molecule has 1 heterocycles. The smallest absolute Gasteiger partial charge is 0.249 e. The van der Waals surface area contributed by atoms with E-state index in [1.165, 1.54) is 244 Å². The first kappa shape index (κ1) is 74.6. The average Bonchev–Trinajstić information content (AvgIpc) is 3.45. The van der Waals surface area contributed by atoms with Gasteiger partial charge in [0.05, 0.1) is 25.4 Å². The SMILES string of the molecule is CCCCCCCCCCCCC/C=C\C/C=C\CCCCCCCCCCCCCCCCCCC(O)C(=O)NC(COC1OC(CO)C(O)C(O)C1O)C(O)C(O)CCCCCCCCCCCCCCCCCCC. The molecule has 462 valence electrons. The number of ether oxygens (including phenoxy) is 2. The number of allylic oxidation sites excluding steroid dienone is 4. The van der Waals surface area contributed by atoms with Gasteiger partial charge in [0.1, 0.15) is 36.6 Å². The van der Waals surface area contributed by atoms with Crippen LogP contribution in [0.5, 0.6) is 0 Å². The van der Waals surface area contributed by atoms with E-state index in [9.17, 15) is 40.5 Å². The van der Waals surface area contributed by atoms with Crippen molar-refractivity contribution >= 4 is 5.91 Å². The van der Waals surface area contributed by atoms with Gasteiger partial charge in [-0.2, -0.15) is 0 Å². The van der Waals surface area contributed by atoms with Crippen LogP contribution in [0, 0.1) is 0 Å². The number of amides is 1. The number of aliphatic hydroxyl groups is 7. The molecule has 1 saturated heterocycles. The van der Waals surface area contributed by atoms with Crippen LogP contribution in [0.25, 0.3) is 0 Å². The summed E-state index contributed by atoms with van der Waals surface area (Å²) in [4.78, 5) is 13.2. The first-order valence-electron chi connectivity index (χ1n) is 33.7. The van der Waals surface area contributed by atoms with Crippen LogP contribution < -0.4 is 5.32 Å². The summed E-state index contributed by atoms with van der Waals surface area (Å²) in [5.74, 6) is -0.691. The van der Waals surface area contributed by atoms with Crippen LogP contribution in [-0.4, -0.2) is 110 Å². The molecule has 0 aromatic carbocycles. The molecule has 0 aliphatic carbocycles. The Bertz CT molecular complexity index is 1320. The van der Waals surface area contributed by atoms with Crippen LogP contribution in [-0.2, 0) is 14.3 Å². The summed E-state index contributed by atoms with van der Waals surface area (Å²) in [6.07, 6.45) is 58.3. The third-order valence-electron chi connectivity index (χ3n) is 16.5. The van der Waals surface area contributed by atoms with Crippen molar-refractivity contribution in [3.8, 4) is 0 Å². The van der Waals surface area contributed by atoms with E-state index in [0.29, 0.717) is 19.3 Å². The highest BCUT2D eigenvalue weighted by Gasteiger charge is 2.44. The van der Waals surface area contributed by atoms with Gasteiger partial charge in [0.2, 0.25) is 5.91 Å². The molecule has 9 unspecified atom stereocenters. The molecule has 11 heteroatoms. The predicted octanol–water partition coefficient (Wildman–Crippen LogP) is 15.6. The van der Waals surface area contributed by atoms with Crippen molar-refractivity contribution in [2.24, 2.45) is 0 Å². The lowest BCUT2D eigenvalue weighted by molar-refractivity contribution is -0.303. The van der Waals surface area contributed by atoms with Crippen molar-refractivity contribution in [2.75, 3.05) is 13.2 Å². The van der Waals surface area contributed by atoms with E-state index in [1.807, 2.05) is 0 Å². The Morgan fingerprint density at radius 3 is 1.14 bits per heavy atom. The number of carbonyl (C=O) groups excluding carboxylic acids is 1. The van der Waals surface area contributed by atoms with Gasteiger partial charge in [-0.1, -0.05) is 308 Å². The lowest BCUT2D eigenvalue weighted by Crippen LogP contribution is -2.60. The van der Waals surface area contributed by atoms with E-state index in [2.05, 4.69) is 43.5 Å². The summed E-state index contributed by atoms with van der Waals surface area (Å²) >= 11 is 0. The quantitative estimate of drug-likeness (QED) is 0.0215. The van der Waals surface area contributed by atoms with Crippen molar-refractivity contribution in [3.63, 3.8) is 0 Å². The van der Waals surface area contributed by atoms with Gasteiger partial charge in [-0.3, -0.25) is 4.79 Å². The highest BCUT2D eigenvalue weighted by atomic mass is 16.7. The van der Waals surface area contributed by atoms with Crippen LogP contribution in [0.4, 0.5) is 0 Å². The molecule has 78 heavy (non-hydrogen) atoms. The lowest BCUT2D eigenvalue weighted by atomic mass is 9.98. The molecule has 0 saturated carbocycles. The molecular weight excluding hydrogens is 979 g/mol. The maximum Gasteiger partial charge on any atom is 0.249 e. The highest BCUT2D eigenvalue weighted by molar-refractivity contribution is 5.80. The number of carbonyl (C=O) groups is 1. The van der Waals surface area contributed by atoms with Crippen LogP contribution in [0.2, 0.25) is 0 Å². The van der Waals surface area contributed by atoms with Crippen molar-refractivity contribution in [2.45, 2.75) is 384 Å². The van der Waals surface area contributed by atoms with Gasteiger partial charge >= 0.3 is 0 Å². The maximum absolute atomic E-state index is 13.2. The molecule has 1 aliphatic heterocycles. The highest BCUT2D eigenvalue weighted by Crippen LogP contribution is 2.24. The second kappa shape index (κ2) is 56.1. The molecule has 1 aliphatic rings. The second-order valence-electron chi connectivity index (χ2n) is 23.9. The minimum absolute atomic E-state index is 0.263. The van der Waals surface area contributed by atoms with Gasteiger partial charge in [0.25, 0.3) is 0 Å². The minimum Gasteiger partial charge on any atom is -0.394 e. The van der Waals surface area contributed by atoms with Gasteiger partial charge in [-0.25, -0.2) is 0 Å². The zero-order valence-corrected chi connectivity index (χ0v) is 50.9. The minimum atomic E-state index is -1.66. The monoisotopic (exact) mass is 1110 g/mol. The third kappa shape index (κ3) is 43.3. The fourth-order valence-electron chi connectivity index (χ4n) is 11.1. The Balaban J connectivity index is 2.17. The first-order chi connectivity index (χ1) is 38.2. The molecular formula is C67H129NO10. The summed E-state index contributed by atoms with van der Waals surface area (Å²) in [5, 5.41) is 76.4. The van der Waals surface area contributed by atoms with Crippen LogP contribution in [0.3, 0.4) is 0 Å². The van der Waals surface area contributed by atoms with E-state index in [0.717, 1.165) is 44.9 Å². The number of nitrogens with one attached hydrogen (secondary N) is 1. The largest absolute Gasteiger partial charge is 0.394 e. The number of aliphatic hydroxyl groups excluding tert-OH is 7. The molecule has 9 atom stereocenters. The van der Waals surface area contributed by atoms with E-state index in [4.69, 9.17) is 9.47 Å². The molecule has 0 aromatic heterocycles. The Labute approximate surface area is 480 Å². The van der Waals surface area contributed by atoms with Gasteiger partial charge in [-0.05, 0) is 44.9 Å². The molecule has 0 aromatic rings. The predicted molar refractivity (Wildman–Crippen MR) is 326 cm³/mol. The topological polar surface area (TPSA) is 189 Å². The van der Waals surface area contributed by atoms with Crippen LogP contribution in [0.15, 0.2) is 24.3 Å². The standard InChI is InChI=1S/C67H129NO10/c1-3-5-7-9-11-13-15-17-19-21-22-23-24-25-26-27-28-29-30-31-32-33-34-35-36-37-39-41-43-45-47-49-51-53-55-60(71)66(76)68-58(57-77-67-65(75)64(74)63(73)61(56-69)78-67)62(72)59(70)54-52-50-48-46-44-42-40-38-20-18-16-14-12-10-8-6-4-2/h24-25,27-28,58-65,67,69-75H,3-23,26,29-57H2,1-2H3,(H,68,76)/b25-24-,28-27-. The Kier molecular flexibility index (Phi) is 53.6. The summed E-state index contributed by atoms with van der Waals surface area (Å²) in [6.45, 7) is 3.50. The number of rotatable bonds is 59. The molecule has 11 nitrogen and oxygen atoms in total. The summed E-state index contributed by atoms with van der Waals surface area (Å²) in [7, 11) is 0. The number of hydrogen-bond donors (Lipinski definition) is 8.